The predicted octanol–water partition coefficient (Wildman–Crippen LogP) is 7.96. The Bertz CT molecular complexity index is 1520. The van der Waals surface area contributed by atoms with Gasteiger partial charge in [0.05, 0.1) is 16.8 Å². The largest absolute Gasteiger partial charge is 0.416 e. The van der Waals surface area contributed by atoms with E-state index in [-0.39, 0.29) is 5.52 Å². The number of pyridine rings is 2. The number of aromatic nitrogens is 2. The SMILES string of the molecule is Nc1cc(-c2ccc(Cl)cc2)cc(-c2ccc(Nc3ccnc4cc(C(F)(F)F)ccc34)cc2)n1. The van der Waals surface area contributed by atoms with E-state index < -0.39 is 11.7 Å². The first-order valence-electron chi connectivity index (χ1n) is 10.6. The molecule has 174 valence electrons. The number of alkyl halides is 3. The summed E-state index contributed by atoms with van der Waals surface area (Å²) in [5.41, 5.74) is 10.5. The van der Waals surface area contributed by atoms with Crippen molar-refractivity contribution in [2.45, 2.75) is 6.18 Å². The third-order valence-corrected chi connectivity index (χ3v) is 5.80. The number of nitrogens with two attached hydrogens (primary N) is 1. The lowest BCUT2D eigenvalue weighted by atomic mass is 10.0. The number of hydrogen-bond donors (Lipinski definition) is 2. The van der Waals surface area contributed by atoms with Crippen LogP contribution in [0.3, 0.4) is 0 Å². The number of hydrogen-bond acceptors (Lipinski definition) is 4. The molecule has 0 aliphatic carbocycles. The summed E-state index contributed by atoms with van der Waals surface area (Å²) in [5, 5.41) is 4.51. The molecule has 35 heavy (non-hydrogen) atoms. The van der Waals surface area contributed by atoms with Gasteiger partial charge in [-0.1, -0.05) is 41.9 Å². The number of benzene rings is 3. The van der Waals surface area contributed by atoms with Crippen molar-refractivity contribution in [2.24, 2.45) is 0 Å². The molecule has 0 unspecified atom stereocenters. The Kier molecular flexibility index (Phi) is 5.78. The van der Waals surface area contributed by atoms with Gasteiger partial charge in [-0.2, -0.15) is 13.2 Å². The minimum absolute atomic E-state index is 0.264. The number of anilines is 3. The summed E-state index contributed by atoms with van der Waals surface area (Å²) in [6, 6.07) is 24.1. The summed E-state index contributed by atoms with van der Waals surface area (Å²) in [6.07, 6.45) is -2.94. The van der Waals surface area contributed by atoms with Crippen LogP contribution < -0.4 is 11.1 Å². The second kappa shape index (κ2) is 8.92. The smallest absolute Gasteiger partial charge is 0.384 e. The summed E-state index contributed by atoms with van der Waals surface area (Å²) in [6.45, 7) is 0. The van der Waals surface area contributed by atoms with Gasteiger partial charge >= 0.3 is 6.18 Å². The van der Waals surface area contributed by atoms with Crippen molar-refractivity contribution in [3.05, 3.63) is 102 Å². The number of nitrogens with one attached hydrogen (secondary N) is 1. The third-order valence-electron chi connectivity index (χ3n) is 5.55. The maximum atomic E-state index is 13.0. The van der Waals surface area contributed by atoms with Crippen LogP contribution in [0.5, 0.6) is 0 Å². The first-order chi connectivity index (χ1) is 16.8. The first kappa shape index (κ1) is 22.7. The average molecular weight is 491 g/mol. The van der Waals surface area contributed by atoms with Crippen molar-refractivity contribution in [1.82, 2.24) is 9.97 Å². The van der Waals surface area contributed by atoms with E-state index in [1.807, 2.05) is 54.6 Å². The molecule has 3 N–H and O–H groups in total. The molecule has 0 aliphatic heterocycles. The number of rotatable bonds is 4. The highest BCUT2D eigenvalue weighted by molar-refractivity contribution is 6.30. The molecule has 2 heterocycles. The Labute approximate surface area is 204 Å². The second-order valence-corrected chi connectivity index (χ2v) is 8.40. The van der Waals surface area contributed by atoms with Gasteiger partial charge in [-0.3, -0.25) is 4.98 Å². The molecule has 0 spiro atoms. The van der Waals surface area contributed by atoms with E-state index in [9.17, 15) is 13.2 Å². The minimum Gasteiger partial charge on any atom is -0.384 e. The first-order valence-corrected chi connectivity index (χ1v) is 11.0. The molecule has 2 aromatic heterocycles. The van der Waals surface area contributed by atoms with Crippen LogP contribution in [0.15, 0.2) is 91.1 Å². The predicted molar refractivity (Wildman–Crippen MR) is 135 cm³/mol. The third kappa shape index (κ3) is 4.90. The Morgan fingerprint density at radius 3 is 2.20 bits per heavy atom. The molecule has 0 bridgehead atoms. The monoisotopic (exact) mass is 490 g/mol. The zero-order chi connectivity index (χ0) is 24.6. The van der Waals surface area contributed by atoms with E-state index in [1.54, 1.807) is 12.1 Å². The molecule has 5 aromatic rings. The van der Waals surface area contributed by atoms with Gasteiger partial charge in [-0.25, -0.2) is 4.98 Å². The van der Waals surface area contributed by atoms with Gasteiger partial charge < -0.3 is 11.1 Å². The fourth-order valence-corrected chi connectivity index (χ4v) is 3.95. The lowest BCUT2D eigenvalue weighted by Crippen LogP contribution is -2.04. The Balaban J connectivity index is 1.42. The molecule has 0 fully saturated rings. The van der Waals surface area contributed by atoms with Crippen molar-refractivity contribution in [3.8, 4) is 22.4 Å². The van der Waals surface area contributed by atoms with E-state index in [0.29, 0.717) is 21.9 Å². The number of nitrogens with zero attached hydrogens (tertiary/aromatic N) is 2. The van der Waals surface area contributed by atoms with Crippen molar-refractivity contribution < 1.29 is 13.2 Å². The maximum Gasteiger partial charge on any atom is 0.416 e. The van der Waals surface area contributed by atoms with E-state index in [2.05, 4.69) is 15.3 Å². The topological polar surface area (TPSA) is 63.8 Å². The molecule has 0 aliphatic rings. The molecule has 3 aromatic carbocycles. The van der Waals surface area contributed by atoms with Crippen LogP contribution in [0.4, 0.5) is 30.4 Å². The zero-order valence-corrected chi connectivity index (χ0v) is 18.9. The highest BCUT2D eigenvalue weighted by atomic mass is 35.5. The van der Waals surface area contributed by atoms with Crippen LogP contribution in [0, 0.1) is 0 Å². The summed E-state index contributed by atoms with van der Waals surface area (Å²) >= 11 is 6.00. The number of fused-ring (bicyclic) bond motifs is 1. The Morgan fingerprint density at radius 1 is 0.771 bits per heavy atom. The van der Waals surface area contributed by atoms with Gasteiger partial charge in [0.2, 0.25) is 0 Å². The van der Waals surface area contributed by atoms with E-state index in [0.717, 1.165) is 40.2 Å². The van der Waals surface area contributed by atoms with Crippen LogP contribution in [-0.2, 0) is 6.18 Å². The van der Waals surface area contributed by atoms with Crippen LogP contribution in [-0.4, -0.2) is 9.97 Å². The Hall–Kier alpha value is -4.10. The number of nitrogen functional groups attached to an aromatic ring is 1. The van der Waals surface area contributed by atoms with E-state index in [1.165, 1.54) is 12.3 Å². The van der Waals surface area contributed by atoms with Crippen LogP contribution in [0.1, 0.15) is 5.56 Å². The summed E-state index contributed by atoms with van der Waals surface area (Å²) in [7, 11) is 0. The molecule has 5 rings (SSSR count). The van der Waals surface area contributed by atoms with Crippen molar-refractivity contribution >= 4 is 39.7 Å². The lowest BCUT2D eigenvalue weighted by Gasteiger charge is -2.12. The molecule has 0 amide bonds. The quantitative estimate of drug-likeness (QED) is 0.268. The fourth-order valence-electron chi connectivity index (χ4n) is 3.82. The molecule has 0 atom stereocenters. The van der Waals surface area contributed by atoms with Gasteiger partial charge in [-0.05, 0) is 65.7 Å². The molecule has 0 saturated heterocycles. The number of halogens is 4. The molecule has 0 saturated carbocycles. The molecular weight excluding hydrogens is 473 g/mol. The van der Waals surface area contributed by atoms with Crippen LogP contribution in [0.2, 0.25) is 5.02 Å². The summed E-state index contributed by atoms with van der Waals surface area (Å²) < 4.78 is 39.1. The molecular formula is C27H18ClF3N4. The zero-order valence-electron chi connectivity index (χ0n) is 18.1. The Morgan fingerprint density at radius 2 is 1.49 bits per heavy atom. The normalized spacial score (nSPS) is 11.5. The molecule has 4 nitrogen and oxygen atoms in total. The van der Waals surface area contributed by atoms with Gasteiger partial charge in [0, 0.05) is 33.5 Å². The average Bonchev–Trinajstić information content (AvgIpc) is 2.84. The van der Waals surface area contributed by atoms with E-state index in [4.69, 9.17) is 17.3 Å². The van der Waals surface area contributed by atoms with Gasteiger partial charge in [0.25, 0.3) is 0 Å². The second-order valence-electron chi connectivity index (χ2n) is 7.96. The summed E-state index contributed by atoms with van der Waals surface area (Å²) in [5.74, 6) is 0.399. The van der Waals surface area contributed by atoms with Gasteiger partial charge in [-0.15, -0.1) is 0 Å². The molecule has 0 radical (unpaired) electrons. The highest BCUT2D eigenvalue weighted by Crippen LogP contribution is 2.34. The van der Waals surface area contributed by atoms with Crippen LogP contribution in [0.25, 0.3) is 33.3 Å². The van der Waals surface area contributed by atoms with Crippen molar-refractivity contribution in [1.29, 1.82) is 0 Å². The minimum atomic E-state index is -4.42. The molecule has 8 heteroatoms. The van der Waals surface area contributed by atoms with Gasteiger partial charge in [0.1, 0.15) is 5.82 Å². The fraction of sp³-hybridized carbons (Fsp3) is 0.0370. The van der Waals surface area contributed by atoms with Crippen LogP contribution >= 0.6 is 11.6 Å². The van der Waals surface area contributed by atoms with Crippen molar-refractivity contribution in [3.63, 3.8) is 0 Å². The summed E-state index contributed by atoms with van der Waals surface area (Å²) in [4.78, 5) is 8.55. The van der Waals surface area contributed by atoms with Gasteiger partial charge in [0.15, 0.2) is 0 Å². The maximum absolute atomic E-state index is 13.0. The lowest BCUT2D eigenvalue weighted by molar-refractivity contribution is -0.137. The van der Waals surface area contributed by atoms with E-state index >= 15 is 0 Å². The van der Waals surface area contributed by atoms with Crippen molar-refractivity contribution in [2.75, 3.05) is 11.1 Å². The highest BCUT2D eigenvalue weighted by Gasteiger charge is 2.30. The standard InChI is InChI=1S/C27H18ClF3N4/c28-20-6-1-16(2-7-20)18-13-24(35-26(32)14-18)17-3-8-21(9-4-17)34-23-11-12-33-25-15-19(27(29,30)31)5-10-22(23)25/h1-15H,(H2,32,35)(H,33,34).